The van der Waals surface area contributed by atoms with E-state index in [4.69, 9.17) is 0 Å². The molecule has 5 nitrogen and oxygen atoms in total. The average molecular weight is 118 g/mol. The largest absolute Gasteiger partial charge is 0.630 e. The Bertz CT molecular complexity index is 115. The van der Waals surface area contributed by atoms with Crippen LogP contribution in [0.15, 0.2) is 0 Å². The highest BCUT2D eigenvalue weighted by Gasteiger charge is 2.24. The highest BCUT2D eigenvalue weighted by atomic mass is 16.6. The molecule has 0 bridgehead atoms. The van der Waals surface area contributed by atoms with Gasteiger partial charge in [0, 0.05) is 0 Å². The molecule has 1 aliphatic heterocycles. The van der Waals surface area contributed by atoms with Crippen LogP contribution in [0.2, 0.25) is 0 Å². The quantitative estimate of drug-likeness (QED) is 0.321. The lowest BCUT2D eigenvalue weighted by molar-refractivity contribution is -0.960. The van der Waals surface area contributed by atoms with E-state index in [-0.39, 0.29) is 18.3 Å². The molecule has 2 unspecified atom stereocenters. The molecule has 1 amide bonds. The van der Waals surface area contributed by atoms with Gasteiger partial charge in [0.05, 0.1) is 0 Å². The Morgan fingerprint density at radius 1 is 1.50 bits per heavy atom. The summed E-state index contributed by atoms with van der Waals surface area (Å²) in [5.41, 5.74) is 0. The van der Waals surface area contributed by atoms with Gasteiger partial charge in [-0.25, -0.2) is 4.79 Å². The Morgan fingerprint density at radius 2 is 2.12 bits per heavy atom. The summed E-state index contributed by atoms with van der Waals surface area (Å²) < 4.78 is 0. The number of carbonyl (C=O) groups is 1. The molecular formula is C3H6N2O3. The minimum absolute atomic E-state index is 0.168. The summed E-state index contributed by atoms with van der Waals surface area (Å²) in [7, 11) is 0. The maximum atomic E-state index is 10.2. The third-order valence-corrected chi connectivity index (χ3v) is 1.03. The molecule has 1 saturated heterocycles. The fourth-order valence-corrected chi connectivity index (χ4v) is 0.618. The second-order valence-electron chi connectivity index (χ2n) is 1.74. The van der Waals surface area contributed by atoms with Crippen molar-refractivity contribution in [1.82, 2.24) is 0 Å². The molecule has 8 heavy (non-hydrogen) atoms. The van der Waals surface area contributed by atoms with Crippen molar-refractivity contribution in [3.63, 3.8) is 0 Å². The summed E-state index contributed by atoms with van der Waals surface area (Å²) >= 11 is 0. The van der Waals surface area contributed by atoms with Gasteiger partial charge in [0.1, 0.15) is 0 Å². The van der Waals surface area contributed by atoms with E-state index >= 15 is 0 Å². The maximum Gasteiger partial charge on any atom is 0.371 e. The van der Waals surface area contributed by atoms with Gasteiger partial charge in [-0.05, 0) is 0 Å². The average Bonchev–Trinajstić information content (AvgIpc) is 1.85. The van der Waals surface area contributed by atoms with Crippen LogP contribution in [0.5, 0.6) is 0 Å². The van der Waals surface area contributed by atoms with E-state index in [1.807, 2.05) is 0 Å². The molecule has 0 aromatic rings. The van der Waals surface area contributed by atoms with Gasteiger partial charge in [0.2, 0.25) is 6.67 Å². The highest BCUT2D eigenvalue weighted by Crippen LogP contribution is 1.53. The first kappa shape index (κ1) is 5.64. The lowest BCUT2D eigenvalue weighted by Gasteiger charge is -2.12. The van der Waals surface area contributed by atoms with Crippen LogP contribution in [0, 0.1) is 10.4 Å². The number of amides is 1. The van der Waals surface area contributed by atoms with Crippen LogP contribution in [-0.2, 0) is 4.79 Å². The van der Waals surface area contributed by atoms with Crippen LogP contribution < -0.4 is 10.1 Å². The van der Waals surface area contributed by atoms with E-state index in [1.165, 1.54) is 0 Å². The molecule has 0 aromatic carbocycles. The standard InChI is InChI=1S/C3H6N2O3/c6-3-1-4(7)2-5(3)8/h4-5H,1-2H2. The first-order chi connectivity index (χ1) is 3.70. The summed E-state index contributed by atoms with van der Waals surface area (Å²) in [4.78, 5) is 10.2. The topological polar surface area (TPSA) is 72.1 Å². The van der Waals surface area contributed by atoms with Crippen LogP contribution in [0.4, 0.5) is 0 Å². The van der Waals surface area contributed by atoms with Gasteiger partial charge in [-0.2, -0.15) is 0 Å². The Balaban J connectivity index is 2.51. The molecule has 1 rings (SSSR count). The second kappa shape index (κ2) is 1.79. The van der Waals surface area contributed by atoms with E-state index in [9.17, 15) is 15.2 Å². The lowest BCUT2D eigenvalue weighted by Crippen LogP contribution is -3.19. The minimum Gasteiger partial charge on any atom is -0.630 e. The number of rotatable bonds is 0. The number of hydroxylamine groups is 4. The van der Waals surface area contributed by atoms with Gasteiger partial charge in [-0.3, -0.25) is 5.06 Å². The van der Waals surface area contributed by atoms with Gasteiger partial charge in [-0.1, -0.05) is 0 Å². The highest BCUT2D eigenvalue weighted by molar-refractivity contribution is 5.68. The van der Waals surface area contributed by atoms with E-state index in [2.05, 4.69) is 0 Å². The predicted octanol–water partition coefficient (Wildman–Crippen LogP) is -3.75. The van der Waals surface area contributed by atoms with Crippen LogP contribution in [-0.4, -0.2) is 19.1 Å². The van der Waals surface area contributed by atoms with Crippen molar-refractivity contribution in [3.8, 4) is 0 Å². The van der Waals surface area contributed by atoms with E-state index in [0.717, 1.165) is 0 Å². The summed E-state index contributed by atoms with van der Waals surface area (Å²) in [6.07, 6.45) is 0. The fourth-order valence-electron chi connectivity index (χ4n) is 0.618. The predicted molar refractivity (Wildman–Crippen MR) is 23.4 cm³/mol. The second-order valence-corrected chi connectivity index (χ2v) is 1.74. The normalized spacial score (nSPS) is 38.5. The fraction of sp³-hybridized carbons (Fsp3) is 0.667. The van der Waals surface area contributed by atoms with Crippen LogP contribution in [0.25, 0.3) is 0 Å². The monoisotopic (exact) mass is 118 g/mol. The smallest absolute Gasteiger partial charge is 0.371 e. The van der Waals surface area contributed by atoms with Crippen molar-refractivity contribution in [1.29, 1.82) is 0 Å². The molecular weight excluding hydrogens is 112 g/mol. The number of hydrogen-bond donors (Lipinski definition) is 2. The minimum atomic E-state index is -0.532. The molecule has 0 aromatic heterocycles. The summed E-state index contributed by atoms with van der Waals surface area (Å²) in [6, 6.07) is 0. The molecule has 0 aliphatic carbocycles. The van der Waals surface area contributed by atoms with E-state index in [0.29, 0.717) is 0 Å². The third kappa shape index (κ3) is 0.846. The maximum absolute atomic E-state index is 10.2. The number of nitrogens with one attached hydrogen (secondary N) is 2. The Morgan fingerprint density at radius 3 is 2.25 bits per heavy atom. The zero-order valence-corrected chi connectivity index (χ0v) is 4.14. The zero-order chi connectivity index (χ0) is 6.15. The zero-order valence-electron chi connectivity index (χ0n) is 4.14. The lowest BCUT2D eigenvalue weighted by atomic mass is 10.6. The molecule has 1 aliphatic rings. The SMILES string of the molecule is O=C1C[NH+]([O-])C[NH+]1[O-]. The molecule has 46 valence electrons. The van der Waals surface area contributed by atoms with Gasteiger partial charge in [0.15, 0.2) is 6.54 Å². The molecule has 5 heteroatoms. The summed E-state index contributed by atoms with van der Waals surface area (Å²) in [5, 5.41) is 19.7. The van der Waals surface area contributed by atoms with Crippen LogP contribution in [0.1, 0.15) is 0 Å². The van der Waals surface area contributed by atoms with Crippen molar-refractivity contribution in [2.24, 2.45) is 0 Å². The van der Waals surface area contributed by atoms with Crippen LogP contribution in [0.3, 0.4) is 0 Å². The molecule has 2 atom stereocenters. The van der Waals surface area contributed by atoms with Gasteiger partial charge >= 0.3 is 5.91 Å². The third-order valence-electron chi connectivity index (χ3n) is 1.03. The summed E-state index contributed by atoms with van der Waals surface area (Å²) in [6.45, 7) is -0.336. The number of carbonyl (C=O) groups excluding carboxylic acids is 1. The Hall–Kier alpha value is -0.490. The van der Waals surface area contributed by atoms with Crippen molar-refractivity contribution in [3.05, 3.63) is 10.4 Å². The molecule has 0 saturated carbocycles. The first-order valence-corrected chi connectivity index (χ1v) is 2.28. The van der Waals surface area contributed by atoms with Crippen molar-refractivity contribution in [2.75, 3.05) is 13.2 Å². The number of quaternary nitrogens is 2. The van der Waals surface area contributed by atoms with Crippen molar-refractivity contribution in [2.45, 2.75) is 0 Å². The number of hydrogen-bond acceptors (Lipinski definition) is 3. The Labute approximate surface area is 45.6 Å². The molecule has 1 fully saturated rings. The first-order valence-electron chi connectivity index (χ1n) is 2.28. The molecule has 2 N–H and O–H groups in total. The van der Waals surface area contributed by atoms with Crippen molar-refractivity contribution >= 4 is 5.91 Å². The van der Waals surface area contributed by atoms with E-state index in [1.54, 1.807) is 0 Å². The Kier molecular flexibility index (Phi) is 1.26. The van der Waals surface area contributed by atoms with Gasteiger partial charge in [0.25, 0.3) is 0 Å². The van der Waals surface area contributed by atoms with E-state index < -0.39 is 11.0 Å². The molecule has 1 heterocycles. The molecule has 0 spiro atoms. The van der Waals surface area contributed by atoms with Gasteiger partial charge < -0.3 is 15.5 Å². The van der Waals surface area contributed by atoms with Crippen molar-refractivity contribution < 1.29 is 14.9 Å². The molecule has 0 radical (unpaired) electrons. The van der Waals surface area contributed by atoms with Gasteiger partial charge in [-0.15, -0.1) is 0 Å². The summed E-state index contributed by atoms with van der Waals surface area (Å²) in [5.74, 6) is -0.532. The van der Waals surface area contributed by atoms with Crippen LogP contribution >= 0.6 is 0 Å².